The molecule has 3 heterocycles. The fourth-order valence-electron chi connectivity index (χ4n) is 2.83. The summed E-state index contributed by atoms with van der Waals surface area (Å²) < 4.78 is 30.9. The van der Waals surface area contributed by atoms with Crippen molar-refractivity contribution < 1.29 is 13.6 Å². The van der Waals surface area contributed by atoms with Crippen molar-refractivity contribution in [1.29, 1.82) is 0 Å². The van der Waals surface area contributed by atoms with Gasteiger partial charge in [-0.2, -0.15) is 19.0 Å². The second-order valence-corrected chi connectivity index (χ2v) is 7.67. The second-order valence-electron chi connectivity index (χ2n) is 6.40. The highest BCUT2D eigenvalue weighted by molar-refractivity contribution is 9.10. The van der Waals surface area contributed by atoms with Gasteiger partial charge in [0.1, 0.15) is 5.69 Å². The normalized spacial score (nSPS) is 12.0. The molecule has 3 aromatic heterocycles. The third-order valence-electron chi connectivity index (χ3n) is 4.20. The number of rotatable bonds is 6. The number of nitrogens with zero attached hydrogens (tertiary/aromatic N) is 5. The highest BCUT2D eigenvalue weighted by Gasteiger charge is 2.32. The maximum absolute atomic E-state index is 13.6. The van der Waals surface area contributed by atoms with Gasteiger partial charge in [-0.3, -0.25) is 9.48 Å². The SMILES string of the molecule is Cc1cc(C(F)(F)Cl)n2nc(C(=O)NCCCn3nc(C)c(Br)c3C)cc2n1. The average molecular weight is 476 g/mol. The van der Waals surface area contributed by atoms with Gasteiger partial charge in [0.2, 0.25) is 0 Å². The van der Waals surface area contributed by atoms with E-state index in [1.807, 2.05) is 18.5 Å². The highest BCUT2D eigenvalue weighted by Crippen LogP contribution is 2.32. The van der Waals surface area contributed by atoms with Crippen LogP contribution in [0.2, 0.25) is 0 Å². The van der Waals surface area contributed by atoms with Crippen LogP contribution in [0.25, 0.3) is 5.65 Å². The summed E-state index contributed by atoms with van der Waals surface area (Å²) in [5, 5.41) is 7.45. The molecule has 0 unspecified atom stereocenters. The summed E-state index contributed by atoms with van der Waals surface area (Å²) in [6.45, 7) is 6.45. The van der Waals surface area contributed by atoms with E-state index in [1.165, 1.54) is 6.07 Å². The molecule has 1 amide bonds. The van der Waals surface area contributed by atoms with Crippen LogP contribution in [0.4, 0.5) is 8.78 Å². The van der Waals surface area contributed by atoms with Crippen LogP contribution < -0.4 is 5.32 Å². The van der Waals surface area contributed by atoms with Crippen LogP contribution in [0.15, 0.2) is 16.6 Å². The topological polar surface area (TPSA) is 77.1 Å². The first-order chi connectivity index (χ1) is 13.1. The minimum absolute atomic E-state index is 0.00544. The molecule has 150 valence electrons. The summed E-state index contributed by atoms with van der Waals surface area (Å²) in [6.07, 6.45) is 0.649. The molecule has 0 radical (unpaired) electrons. The summed E-state index contributed by atoms with van der Waals surface area (Å²) in [6, 6.07) is 2.49. The van der Waals surface area contributed by atoms with E-state index in [-0.39, 0.29) is 11.3 Å². The molecule has 7 nitrogen and oxygen atoms in total. The Morgan fingerprint density at radius 1 is 1.29 bits per heavy atom. The predicted octanol–water partition coefficient (Wildman–Crippen LogP) is 3.72. The Labute approximate surface area is 173 Å². The van der Waals surface area contributed by atoms with Gasteiger partial charge < -0.3 is 5.32 Å². The van der Waals surface area contributed by atoms with Gasteiger partial charge in [0.05, 0.1) is 10.2 Å². The maximum atomic E-state index is 13.6. The molecule has 0 aromatic carbocycles. The van der Waals surface area contributed by atoms with Crippen LogP contribution in [0, 0.1) is 20.8 Å². The van der Waals surface area contributed by atoms with Gasteiger partial charge in [0, 0.05) is 30.5 Å². The van der Waals surface area contributed by atoms with Gasteiger partial charge in [0.25, 0.3) is 5.91 Å². The Bertz CT molecular complexity index is 1040. The fraction of sp³-hybridized carbons (Fsp3) is 0.412. The molecule has 0 spiro atoms. The van der Waals surface area contributed by atoms with Crippen LogP contribution >= 0.6 is 27.5 Å². The molecule has 3 aromatic rings. The summed E-state index contributed by atoms with van der Waals surface area (Å²) in [7, 11) is 0. The molecule has 0 fully saturated rings. The number of hydrogen-bond donors (Lipinski definition) is 1. The van der Waals surface area contributed by atoms with Crippen LogP contribution in [-0.2, 0) is 11.9 Å². The zero-order valence-corrected chi connectivity index (χ0v) is 17.8. The number of hydrogen-bond acceptors (Lipinski definition) is 4. The lowest BCUT2D eigenvalue weighted by molar-refractivity contribution is 0.0864. The average Bonchev–Trinajstić information content (AvgIpc) is 3.13. The maximum Gasteiger partial charge on any atom is 0.364 e. The first-order valence-electron chi connectivity index (χ1n) is 8.50. The third kappa shape index (κ3) is 4.17. The standard InChI is InChI=1S/C17H18BrClF2N6O/c1-9-7-13(17(19,20)21)27-14(23-9)8-12(25-27)16(28)22-5-4-6-26-11(3)15(18)10(2)24-26/h7-8H,4-6H2,1-3H3,(H,22,28). The van der Waals surface area contributed by atoms with E-state index < -0.39 is 17.0 Å². The van der Waals surface area contributed by atoms with Gasteiger partial charge in [0.15, 0.2) is 11.3 Å². The number of alkyl halides is 3. The van der Waals surface area contributed by atoms with Gasteiger partial charge in [-0.05, 0) is 60.8 Å². The zero-order chi connectivity index (χ0) is 20.6. The van der Waals surface area contributed by atoms with Crippen molar-refractivity contribution in [3.8, 4) is 0 Å². The lowest BCUT2D eigenvalue weighted by atomic mass is 10.3. The first-order valence-corrected chi connectivity index (χ1v) is 9.67. The molecule has 28 heavy (non-hydrogen) atoms. The molecular weight excluding hydrogens is 458 g/mol. The van der Waals surface area contributed by atoms with E-state index in [4.69, 9.17) is 11.6 Å². The number of aryl methyl sites for hydroxylation is 3. The van der Waals surface area contributed by atoms with Gasteiger partial charge in [-0.1, -0.05) is 0 Å². The molecule has 0 aliphatic carbocycles. The van der Waals surface area contributed by atoms with Gasteiger partial charge in [-0.25, -0.2) is 9.50 Å². The van der Waals surface area contributed by atoms with Crippen molar-refractivity contribution in [2.24, 2.45) is 0 Å². The molecule has 0 bridgehead atoms. The van der Waals surface area contributed by atoms with Crippen LogP contribution in [0.5, 0.6) is 0 Å². The van der Waals surface area contributed by atoms with E-state index >= 15 is 0 Å². The molecule has 0 aliphatic heterocycles. The number of fused-ring (bicyclic) bond motifs is 1. The van der Waals surface area contributed by atoms with E-state index in [9.17, 15) is 13.6 Å². The largest absolute Gasteiger partial charge is 0.364 e. The van der Waals surface area contributed by atoms with Crippen molar-refractivity contribution in [3.63, 3.8) is 0 Å². The van der Waals surface area contributed by atoms with Crippen LogP contribution in [0.3, 0.4) is 0 Å². The van der Waals surface area contributed by atoms with Crippen molar-refractivity contribution in [2.75, 3.05) is 6.54 Å². The number of carbonyl (C=O) groups is 1. The van der Waals surface area contributed by atoms with E-state index in [0.717, 1.165) is 26.4 Å². The molecule has 11 heteroatoms. The van der Waals surface area contributed by atoms with E-state index in [1.54, 1.807) is 6.92 Å². The molecule has 3 rings (SSSR count). The molecule has 1 N–H and O–H groups in total. The minimum atomic E-state index is -3.63. The predicted molar refractivity (Wildman–Crippen MR) is 104 cm³/mol. The van der Waals surface area contributed by atoms with Crippen molar-refractivity contribution in [3.05, 3.63) is 45.1 Å². The minimum Gasteiger partial charge on any atom is -0.351 e. The Morgan fingerprint density at radius 2 is 2.00 bits per heavy atom. The number of halogens is 4. The Kier molecular flexibility index (Phi) is 5.72. The second kappa shape index (κ2) is 7.75. The number of nitrogens with one attached hydrogen (secondary N) is 1. The first kappa shape index (κ1) is 20.7. The third-order valence-corrected chi connectivity index (χ3v) is 5.55. The van der Waals surface area contributed by atoms with Crippen molar-refractivity contribution in [1.82, 2.24) is 29.7 Å². The smallest absolute Gasteiger partial charge is 0.351 e. The fourth-order valence-corrected chi connectivity index (χ4v) is 3.25. The van der Waals surface area contributed by atoms with E-state index in [0.29, 0.717) is 25.2 Å². The highest BCUT2D eigenvalue weighted by atomic mass is 79.9. The van der Waals surface area contributed by atoms with Crippen LogP contribution in [-0.4, -0.2) is 36.8 Å². The summed E-state index contributed by atoms with van der Waals surface area (Å²) in [4.78, 5) is 16.5. The zero-order valence-electron chi connectivity index (χ0n) is 15.4. The monoisotopic (exact) mass is 474 g/mol. The Balaban J connectivity index is 1.67. The molecule has 0 atom stereocenters. The van der Waals surface area contributed by atoms with Gasteiger partial charge in [-0.15, -0.1) is 0 Å². The van der Waals surface area contributed by atoms with Crippen molar-refractivity contribution >= 4 is 39.1 Å². The summed E-state index contributed by atoms with van der Waals surface area (Å²) in [5.41, 5.74) is 1.86. The van der Waals surface area contributed by atoms with Crippen LogP contribution in [0.1, 0.15) is 39.7 Å². The number of aromatic nitrogens is 5. The summed E-state index contributed by atoms with van der Waals surface area (Å²) >= 11 is 8.62. The molecule has 0 saturated heterocycles. The molecule has 0 aliphatic rings. The lowest BCUT2D eigenvalue weighted by Crippen LogP contribution is -2.26. The summed E-state index contributed by atoms with van der Waals surface area (Å²) in [5.74, 6) is -0.471. The Hall–Kier alpha value is -2.07. The quantitative estimate of drug-likeness (QED) is 0.435. The number of amides is 1. The Morgan fingerprint density at radius 3 is 2.61 bits per heavy atom. The van der Waals surface area contributed by atoms with Gasteiger partial charge >= 0.3 is 5.38 Å². The lowest BCUT2D eigenvalue weighted by Gasteiger charge is -2.10. The van der Waals surface area contributed by atoms with Crippen molar-refractivity contribution in [2.45, 2.75) is 39.1 Å². The molecule has 0 saturated carbocycles. The number of carbonyl (C=O) groups excluding carboxylic acids is 1. The van der Waals surface area contributed by atoms with E-state index in [2.05, 4.69) is 36.4 Å². The molecular formula is C17H18BrClF2N6O.